The highest BCUT2D eigenvalue weighted by Crippen LogP contribution is 2.09. The Morgan fingerprint density at radius 3 is 2.69 bits per heavy atom. The zero-order chi connectivity index (χ0) is 12.3. The highest BCUT2D eigenvalue weighted by Gasteiger charge is 2.13. The van der Waals surface area contributed by atoms with Gasteiger partial charge < -0.3 is 10.8 Å². The van der Waals surface area contributed by atoms with Crippen LogP contribution in [0.15, 0.2) is 6.20 Å². The zero-order valence-electron chi connectivity index (χ0n) is 8.75. The van der Waals surface area contributed by atoms with Gasteiger partial charge in [0.05, 0.1) is 11.4 Å². The van der Waals surface area contributed by atoms with E-state index in [1.165, 1.54) is 10.9 Å². The summed E-state index contributed by atoms with van der Waals surface area (Å²) >= 11 is 0. The van der Waals surface area contributed by atoms with Crippen LogP contribution in [-0.2, 0) is 16.4 Å². The van der Waals surface area contributed by atoms with Gasteiger partial charge in [-0.05, 0) is 6.42 Å². The average molecular weight is 247 g/mol. The third-order valence-corrected chi connectivity index (χ3v) is 2.93. The van der Waals surface area contributed by atoms with Gasteiger partial charge >= 0.3 is 5.97 Å². The molecule has 0 aliphatic heterocycles. The summed E-state index contributed by atoms with van der Waals surface area (Å²) in [4.78, 5) is 10.6. The number of carboxylic acid groups (broad SMARTS) is 1. The summed E-state index contributed by atoms with van der Waals surface area (Å²) in [6.07, 6.45) is 2.90. The molecule has 1 aromatic rings. The van der Waals surface area contributed by atoms with E-state index in [0.717, 1.165) is 6.26 Å². The monoisotopic (exact) mass is 247 g/mol. The fourth-order valence-electron chi connectivity index (χ4n) is 1.21. The van der Waals surface area contributed by atoms with Crippen LogP contribution in [0.4, 0.5) is 5.69 Å². The highest BCUT2D eigenvalue weighted by atomic mass is 32.2. The molecule has 0 saturated carbocycles. The second-order valence-corrected chi connectivity index (χ2v) is 5.74. The summed E-state index contributed by atoms with van der Waals surface area (Å²) in [6, 6.07) is 0. The maximum Gasteiger partial charge on any atom is 0.358 e. The lowest BCUT2D eigenvalue weighted by Gasteiger charge is -1.99. The molecule has 0 spiro atoms. The predicted octanol–water partition coefficient (Wildman–Crippen LogP) is -0.402. The molecule has 0 aliphatic rings. The molecular weight excluding hydrogens is 234 g/mol. The van der Waals surface area contributed by atoms with Crippen molar-refractivity contribution in [1.82, 2.24) is 9.78 Å². The fraction of sp³-hybridized carbons (Fsp3) is 0.500. The molecule has 0 saturated heterocycles. The van der Waals surface area contributed by atoms with Crippen molar-refractivity contribution in [3.8, 4) is 0 Å². The summed E-state index contributed by atoms with van der Waals surface area (Å²) < 4.78 is 23.0. The average Bonchev–Trinajstić information content (AvgIpc) is 2.44. The first-order valence-electron chi connectivity index (χ1n) is 4.53. The second kappa shape index (κ2) is 4.52. The van der Waals surface area contributed by atoms with Gasteiger partial charge in [0.1, 0.15) is 9.84 Å². The number of sulfone groups is 1. The Labute approximate surface area is 92.8 Å². The summed E-state index contributed by atoms with van der Waals surface area (Å²) in [5.74, 6) is -1.16. The van der Waals surface area contributed by atoms with E-state index in [4.69, 9.17) is 10.8 Å². The smallest absolute Gasteiger partial charge is 0.358 e. The first-order chi connectivity index (χ1) is 7.29. The van der Waals surface area contributed by atoms with Gasteiger partial charge in [0.2, 0.25) is 0 Å². The number of hydrogen-bond acceptors (Lipinski definition) is 5. The van der Waals surface area contributed by atoms with Crippen LogP contribution in [-0.4, -0.2) is 41.3 Å². The lowest BCUT2D eigenvalue weighted by atomic mass is 10.4. The molecule has 0 bridgehead atoms. The van der Waals surface area contributed by atoms with Crippen molar-refractivity contribution in [3.63, 3.8) is 0 Å². The Bertz CT molecular complexity index is 491. The Kier molecular flexibility index (Phi) is 3.53. The van der Waals surface area contributed by atoms with Gasteiger partial charge in [-0.15, -0.1) is 0 Å². The molecule has 0 aliphatic carbocycles. The van der Waals surface area contributed by atoms with Crippen molar-refractivity contribution >= 4 is 21.5 Å². The number of aryl methyl sites for hydroxylation is 1. The summed E-state index contributed by atoms with van der Waals surface area (Å²) in [6.45, 7) is 0.324. The number of nitrogen functional groups attached to an aromatic ring is 1. The van der Waals surface area contributed by atoms with E-state index in [0.29, 0.717) is 13.0 Å². The van der Waals surface area contributed by atoms with Crippen molar-refractivity contribution < 1.29 is 18.3 Å². The largest absolute Gasteiger partial charge is 0.476 e. The van der Waals surface area contributed by atoms with Crippen LogP contribution in [0, 0.1) is 0 Å². The number of aromatic nitrogens is 2. The van der Waals surface area contributed by atoms with Crippen LogP contribution in [0.3, 0.4) is 0 Å². The molecule has 7 nitrogen and oxygen atoms in total. The Hall–Kier alpha value is -1.57. The maximum atomic E-state index is 10.9. The molecule has 90 valence electrons. The SMILES string of the molecule is CS(=O)(=O)CCCn1cc(N)c(C(=O)O)n1. The Morgan fingerprint density at radius 2 is 2.25 bits per heavy atom. The van der Waals surface area contributed by atoms with Gasteiger partial charge in [-0.3, -0.25) is 4.68 Å². The van der Waals surface area contributed by atoms with Crippen LogP contribution in [0.25, 0.3) is 0 Å². The van der Waals surface area contributed by atoms with Gasteiger partial charge in [-0.25, -0.2) is 13.2 Å². The van der Waals surface area contributed by atoms with E-state index in [-0.39, 0.29) is 17.1 Å². The topological polar surface area (TPSA) is 115 Å². The van der Waals surface area contributed by atoms with Crippen LogP contribution >= 0.6 is 0 Å². The highest BCUT2D eigenvalue weighted by molar-refractivity contribution is 7.90. The molecule has 0 amide bonds. The minimum atomic E-state index is -3.00. The van der Waals surface area contributed by atoms with E-state index >= 15 is 0 Å². The van der Waals surface area contributed by atoms with Crippen LogP contribution in [0.1, 0.15) is 16.9 Å². The van der Waals surface area contributed by atoms with Crippen molar-refractivity contribution in [1.29, 1.82) is 0 Å². The van der Waals surface area contributed by atoms with Crippen LogP contribution in [0.5, 0.6) is 0 Å². The van der Waals surface area contributed by atoms with Gasteiger partial charge in [-0.2, -0.15) is 5.10 Å². The number of nitrogens with zero attached hydrogens (tertiary/aromatic N) is 2. The zero-order valence-corrected chi connectivity index (χ0v) is 9.57. The van der Waals surface area contributed by atoms with Gasteiger partial charge in [0, 0.05) is 19.0 Å². The van der Waals surface area contributed by atoms with Crippen molar-refractivity contribution in [2.24, 2.45) is 0 Å². The molecule has 0 atom stereocenters. The minimum absolute atomic E-state index is 0.0369. The van der Waals surface area contributed by atoms with Crippen molar-refractivity contribution in [2.45, 2.75) is 13.0 Å². The standard InChI is InChI=1S/C8H13N3O4S/c1-16(14,15)4-2-3-11-5-6(9)7(10-11)8(12)13/h5H,2-4,9H2,1H3,(H,12,13). The third-order valence-electron chi connectivity index (χ3n) is 1.89. The normalized spacial score (nSPS) is 11.6. The van der Waals surface area contributed by atoms with E-state index in [1.807, 2.05) is 0 Å². The summed E-state index contributed by atoms with van der Waals surface area (Å²) in [5, 5.41) is 12.4. The number of carboxylic acids is 1. The van der Waals surface area contributed by atoms with E-state index < -0.39 is 15.8 Å². The predicted molar refractivity (Wildman–Crippen MR) is 57.9 cm³/mol. The van der Waals surface area contributed by atoms with Crippen LogP contribution in [0.2, 0.25) is 0 Å². The molecule has 0 aromatic carbocycles. The quantitative estimate of drug-likeness (QED) is 0.731. The van der Waals surface area contributed by atoms with Gasteiger partial charge in [0.15, 0.2) is 5.69 Å². The molecule has 8 heteroatoms. The lowest BCUT2D eigenvalue weighted by Crippen LogP contribution is -2.08. The van der Waals surface area contributed by atoms with E-state index in [1.54, 1.807) is 0 Å². The fourth-order valence-corrected chi connectivity index (χ4v) is 1.86. The molecule has 0 radical (unpaired) electrons. The number of anilines is 1. The number of nitrogens with two attached hydrogens (primary N) is 1. The first kappa shape index (κ1) is 12.5. The molecule has 1 heterocycles. The molecule has 16 heavy (non-hydrogen) atoms. The summed E-state index contributed by atoms with van der Waals surface area (Å²) in [5.41, 5.74) is 5.28. The lowest BCUT2D eigenvalue weighted by molar-refractivity contribution is 0.0690. The molecular formula is C8H13N3O4S. The molecule has 0 unspecified atom stereocenters. The van der Waals surface area contributed by atoms with Gasteiger partial charge in [0.25, 0.3) is 0 Å². The molecule has 0 fully saturated rings. The van der Waals surface area contributed by atoms with Crippen molar-refractivity contribution in [3.05, 3.63) is 11.9 Å². The van der Waals surface area contributed by atoms with E-state index in [2.05, 4.69) is 5.10 Å². The third kappa shape index (κ3) is 3.54. The molecule has 3 N–H and O–H groups in total. The Balaban J connectivity index is 2.62. The number of aromatic carboxylic acids is 1. The number of carbonyl (C=O) groups is 1. The molecule has 1 rings (SSSR count). The van der Waals surface area contributed by atoms with E-state index in [9.17, 15) is 13.2 Å². The second-order valence-electron chi connectivity index (χ2n) is 3.48. The summed E-state index contributed by atoms with van der Waals surface area (Å²) in [7, 11) is -3.00. The van der Waals surface area contributed by atoms with Crippen LogP contribution < -0.4 is 5.73 Å². The van der Waals surface area contributed by atoms with Gasteiger partial charge in [-0.1, -0.05) is 0 Å². The van der Waals surface area contributed by atoms with Crippen molar-refractivity contribution in [2.75, 3.05) is 17.7 Å². The Morgan fingerprint density at radius 1 is 1.62 bits per heavy atom. The number of rotatable bonds is 5. The minimum Gasteiger partial charge on any atom is -0.476 e. The maximum absolute atomic E-state index is 10.9. The number of hydrogen-bond donors (Lipinski definition) is 2. The first-order valence-corrected chi connectivity index (χ1v) is 6.59. The molecule has 1 aromatic heterocycles.